The summed E-state index contributed by atoms with van der Waals surface area (Å²) in [4.78, 5) is 28.3. The Morgan fingerprint density at radius 1 is 1.07 bits per heavy atom. The molecule has 0 spiro atoms. The highest BCUT2D eigenvalue weighted by molar-refractivity contribution is 8.24. The van der Waals surface area contributed by atoms with E-state index in [0.717, 1.165) is 34.0 Å². The van der Waals surface area contributed by atoms with Crippen molar-refractivity contribution in [3.63, 3.8) is 0 Å². The second-order valence-electron chi connectivity index (χ2n) is 6.57. The lowest BCUT2D eigenvalue weighted by Crippen LogP contribution is -2.34. The lowest BCUT2D eigenvalue weighted by molar-refractivity contribution is -0.137. The second kappa shape index (κ2) is 7.17. The molecule has 6 nitrogen and oxygen atoms in total. The molecule has 1 aliphatic heterocycles. The highest BCUT2D eigenvalue weighted by Gasteiger charge is 2.48. The van der Waals surface area contributed by atoms with Crippen LogP contribution in [0.1, 0.15) is 11.1 Å². The first-order chi connectivity index (χ1) is 14.1. The van der Waals surface area contributed by atoms with Crippen molar-refractivity contribution in [2.75, 3.05) is 0 Å². The van der Waals surface area contributed by atoms with Crippen molar-refractivity contribution in [3.05, 3.63) is 65.9 Å². The minimum Gasteiger partial charge on any atom is -0.361 e. The standard InChI is InChI=1S/C19H13F3N2O4S2/c20-19(21,22)12-4-2-5-13(9-12)30(27,28)17-16(25)24(18(26)29-17)10-11-3-1-6-15-14(11)7-8-23-15/h1-9,17,23H,10H2. The van der Waals surface area contributed by atoms with E-state index >= 15 is 0 Å². The van der Waals surface area contributed by atoms with Gasteiger partial charge in [-0.3, -0.25) is 14.5 Å². The molecular formula is C19H13F3N2O4S2. The van der Waals surface area contributed by atoms with Gasteiger partial charge in [-0.2, -0.15) is 13.2 Å². The number of aromatic amines is 1. The van der Waals surface area contributed by atoms with Crippen LogP contribution < -0.4 is 0 Å². The van der Waals surface area contributed by atoms with Crippen LogP contribution in [0.2, 0.25) is 0 Å². The lowest BCUT2D eigenvalue weighted by atomic mass is 10.1. The van der Waals surface area contributed by atoms with Crippen LogP contribution in [0.4, 0.5) is 18.0 Å². The fourth-order valence-electron chi connectivity index (χ4n) is 3.19. The number of hydrogen-bond donors (Lipinski definition) is 1. The number of halogens is 3. The Hall–Kier alpha value is -2.79. The largest absolute Gasteiger partial charge is 0.416 e. The van der Waals surface area contributed by atoms with Gasteiger partial charge in [0.25, 0.3) is 11.1 Å². The average molecular weight is 454 g/mol. The number of aromatic nitrogens is 1. The number of carbonyl (C=O) groups is 2. The summed E-state index contributed by atoms with van der Waals surface area (Å²) in [6, 6.07) is 10.1. The molecule has 2 aromatic carbocycles. The first kappa shape index (κ1) is 20.5. The molecule has 156 valence electrons. The van der Waals surface area contributed by atoms with Crippen LogP contribution in [0.15, 0.2) is 59.6 Å². The molecule has 1 atom stereocenters. The average Bonchev–Trinajstić information content (AvgIpc) is 3.28. The summed E-state index contributed by atoms with van der Waals surface area (Å²) in [5.74, 6) is -0.977. The van der Waals surface area contributed by atoms with Gasteiger partial charge in [0.15, 0.2) is 14.4 Å². The Morgan fingerprint density at radius 3 is 2.53 bits per heavy atom. The first-order valence-electron chi connectivity index (χ1n) is 8.57. The summed E-state index contributed by atoms with van der Waals surface area (Å²) in [5, 5.41) is 0.000347. The summed E-state index contributed by atoms with van der Waals surface area (Å²) in [5.41, 5.74) is 0.266. The zero-order valence-corrected chi connectivity index (χ0v) is 16.6. The zero-order chi connectivity index (χ0) is 21.7. The van der Waals surface area contributed by atoms with E-state index in [-0.39, 0.29) is 18.3 Å². The molecule has 1 aliphatic rings. The maximum atomic E-state index is 12.9. The number of benzene rings is 2. The van der Waals surface area contributed by atoms with Gasteiger partial charge in [0.1, 0.15) is 0 Å². The zero-order valence-electron chi connectivity index (χ0n) is 15.0. The van der Waals surface area contributed by atoms with Crippen LogP contribution in [0.5, 0.6) is 0 Å². The molecule has 1 unspecified atom stereocenters. The monoisotopic (exact) mass is 454 g/mol. The van der Waals surface area contributed by atoms with Crippen LogP contribution >= 0.6 is 11.8 Å². The van der Waals surface area contributed by atoms with E-state index in [2.05, 4.69) is 4.98 Å². The lowest BCUT2D eigenvalue weighted by Gasteiger charge is -2.15. The third-order valence-electron chi connectivity index (χ3n) is 4.68. The van der Waals surface area contributed by atoms with Crippen molar-refractivity contribution in [2.45, 2.75) is 22.2 Å². The number of nitrogens with one attached hydrogen (secondary N) is 1. The van der Waals surface area contributed by atoms with Crippen molar-refractivity contribution < 1.29 is 31.2 Å². The number of alkyl halides is 3. The molecule has 2 amide bonds. The highest BCUT2D eigenvalue weighted by Crippen LogP contribution is 2.37. The number of hydrogen-bond acceptors (Lipinski definition) is 5. The number of thioether (sulfide) groups is 1. The van der Waals surface area contributed by atoms with Crippen molar-refractivity contribution in [1.82, 2.24) is 9.88 Å². The molecule has 0 radical (unpaired) electrons. The molecule has 1 saturated heterocycles. The highest BCUT2D eigenvalue weighted by atomic mass is 32.3. The summed E-state index contributed by atoms with van der Waals surface area (Å²) >= 11 is 0.284. The van der Waals surface area contributed by atoms with E-state index in [4.69, 9.17) is 0 Å². The van der Waals surface area contributed by atoms with E-state index in [1.807, 2.05) is 6.07 Å². The second-order valence-corrected chi connectivity index (χ2v) is 9.95. The van der Waals surface area contributed by atoms with Gasteiger partial charge in [0.05, 0.1) is 17.0 Å². The van der Waals surface area contributed by atoms with Crippen LogP contribution in [-0.2, 0) is 27.4 Å². The van der Waals surface area contributed by atoms with E-state index in [9.17, 15) is 31.2 Å². The van der Waals surface area contributed by atoms with Crippen LogP contribution in [-0.4, -0.2) is 34.0 Å². The molecule has 0 saturated carbocycles. The van der Waals surface area contributed by atoms with Gasteiger partial charge in [-0.1, -0.05) is 18.2 Å². The molecule has 11 heteroatoms. The van der Waals surface area contributed by atoms with Gasteiger partial charge in [-0.05, 0) is 47.7 Å². The predicted molar refractivity (Wildman–Crippen MR) is 104 cm³/mol. The fourth-order valence-corrected chi connectivity index (χ4v) is 6.17. The normalized spacial score (nSPS) is 17.8. The number of H-pyrrole nitrogens is 1. The molecular weight excluding hydrogens is 441 g/mol. The smallest absolute Gasteiger partial charge is 0.361 e. The molecule has 4 rings (SSSR count). The maximum absolute atomic E-state index is 12.9. The number of rotatable bonds is 4. The molecule has 1 aromatic heterocycles. The molecule has 3 aromatic rings. The minimum absolute atomic E-state index is 0.144. The number of carbonyl (C=O) groups excluding carboxylic acids is 2. The number of imide groups is 1. The SMILES string of the molecule is O=C1SC(S(=O)(=O)c2cccc(C(F)(F)F)c2)C(=O)N1Cc1cccc2[nH]ccc12. The fraction of sp³-hybridized carbons (Fsp3) is 0.158. The third-order valence-corrected chi connectivity index (χ3v) is 8.24. The molecule has 1 fully saturated rings. The Morgan fingerprint density at radius 2 is 1.80 bits per heavy atom. The number of amides is 2. The van der Waals surface area contributed by atoms with Gasteiger partial charge in [-0.15, -0.1) is 0 Å². The van der Waals surface area contributed by atoms with Crippen molar-refractivity contribution in [1.29, 1.82) is 0 Å². The van der Waals surface area contributed by atoms with Gasteiger partial charge >= 0.3 is 6.18 Å². The predicted octanol–water partition coefficient (Wildman–Crippen LogP) is 4.18. The number of sulfone groups is 1. The Labute approximate surface area is 173 Å². The molecule has 2 heterocycles. The quantitative estimate of drug-likeness (QED) is 0.639. The van der Waals surface area contributed by atoms with Crippen LogP contribution in [0.3, 0.4) is 0 Å². The summed E-state index contributed by atoms with van der Waals surface area (Å²) in [6.45, 7) is -0.144. The van der Waals surface area contributed by atoms with Crippen molar-refractivity contribution >= 4 is 43.6 Å². The maximum Gasteiger partial charge on any atom is 0.416 e. The molecule has 0 bridgehead atoms. The van der Waals surface area contributed by atoms with Gasteiger partial charge in [0.2, 0.25) is 0 Å². The topological polar surface area (TPSA) is 87.3 Å². The Kier molecular flexibility index (Phi) is 4.89. The summed E-state index contributed by atoms with van der Waals surface area (Å²) < 4.78 is 62.7. The Bertz CT molecular complexity index is 1270. The third kappa shape index (κ3) is 3.47. The Balaban J connectivity index is 1.64. The van der Waals surface area contributed by atoms with Crippen molar-refractivity contribution in [2.24, 2.45) is 0 Å². The van der Waals surface area contributed by atoms with E-state index < -0.39 is 42.2 Å². The first-order valence-corrected chi connectivity index (χ1v) is 11.0. The molecule has 1 N–H and O–H groups in total. The minimum atomic E-state index is -4.74. The van der Waals surface area contributed by atoms with Crippen LogP contribution in [0, 0.1) is 0 Å². The van der Waals surface area contributed by atoms with Crippen molar-refractivity contribution in [3.8, 4) is 0 Å². The number of nitrogens with zero attached hydrogens (tertiary/aromatic N) is 1. The van der Waals surface area contributed by atoms with Gasteiger partial charge in [-0.25, -0.2) is 8.42 Å². The van der Waals surface area contributed by atoms with Crippen LogP contribution in [0.25, 0.3) is 10.9 Å². The van der Waals surface area contributed by atoms with E-state index in [0.29, 0.717) is 11.6 Å². The molecule has 30 heavy (non-hydrogen) atoms. The summed E-state index contributed by atoms with van der Waals surface area (Å²) in [7, 11) is -4.52. The number of fused-ring (bicyclic) bond motifs is 1. The van der Waals surface area contributed by atoms with E-state index in [1.54, 1.807) is 24.4 Å². The van der Waals surface area contributed by atoms with Gasteiger partial charge < -0.3 is 4.98 Å². The molecule has 0 aliphatic carbocycles. The summed E-state index contributed by atoms with van der Waals surface area (Å²) in [6.07, 6.45) is -3.05. The van der Waals surface area contributed by atoms with Gasteiger partial charge in [0, 0.05) is 17.1 Å². The van der Waals surface area contributed by atoms with E-state index in [1.165, 1.54) is 0 Å².